The van der Waals surface area contributed by atoms with E-state index < -0.39 is 0 Å². The minimum absolute atomic E-state index is 0.185. The van der Waals surface area contributed by atoms with Crippen molar-refractivity contribution in [1.29, 1.82) is 0 Å². The van der Waals surface area contributed by atoms with Crippen LogP contribution < -0.4 is 0 Å². The van der Waals surface area contributed by atoms with Gasteiger partial charge in [0.2, 0.25) is 0 Å². The van der Waals surface area contributed by atoms with E-state index in [4.69, 9.17) is 14.4 Å². The van der Waals surface area contributed by atoms with Crippen molar-refractivity contribution in [1.82, 2.24) is 9.97 Å². The molecule has 0 atom stereocenters. The van der Waals surface area contributed by atoms with Gasteiger partial charge in [-0.2, -0.15) is 0 Å². The van der Waals surface area contributed by atoms with Gasteiger partial charge in [-0.15, -0.1) is 0 Å². The molecule has 3 heteroatoms. The molecule has 8 aromatic carbocycles. The van der Waals surface area contributed by atoms with E-state index in [2.05, 4.69) is 153 Å². The first-order chi connectivity index (χ1) is 26.5. The van der Waals surface area contributed by atoms with Gasteiger partial charge in [-0.3, -0.25) is 0 Å². The van der Waals surface area contributed by atoms with Gasteiger partial charge in [0.05, 0.1) is 11.4 Å². The van der Waals surface area contributed by atoms with Crippen LogP contribution >= 0.6 is 0 Å². The number of fused-ring (bicyclic) bond motifs is 9. The monoisotopic (exact) mass is 690 g/mol. The molecule has 0 N–H and O–H groups in total. The molecule has 0 unspecified atom stereocenters. The summed E-state index contributed by atoms with van der Waals surface area (Å²) < 4.78 is 6.17. The Kier molecular flexibility index (Phi) is 6.60. The lowest BCUT2D eigenvalue weighted by Gasteiger charge is -2.26. The number of aromatic nitrogens is 2. The molecule has 0 aliphatic heterocycles. The van der Waals surface area contributed by atoms with Crippen molar-refractivity contribution in [2.24, 2.45) is 0 Å². The third-order valence-corrected chi connectivity index (χ3v) is 11.5. The van der Waals surface area contributed by atoms with Crippen molar-refractivity contribution in [3.05, 3.63) is 181 Å². The largest absolute Gasteiger partial charge is 0.456 e. The van der Waals surface area contributed by atoms with Crippen molar-refractivity contribution in [2.75, 3.05) is 0 Å². The molecule has 3 nitrogen and oxygen atoms in total. The molecule has 0 saturated heterocycles. The van der Waals surface area contributed by atoms with Crippen LogP contribution in [0.3, 0.4) is 0 Å². The lowest BCUT2D eigenvalue weighted by atomic mass is 9.77. The van der Waals surface area contributed by atoms with Crippen LogP contribution in [0.5, 0.6) is 0 Å². The molecule has 0 bridgehead atoms. The second kappa shape index (κ2) is 11.6. The van der Waals surface area contributed by atoms with Gasteiger partial charge in [0.15, 0.2) is 5.82 Å². The third kappa shape index (κ3) is 4.55. The normalized spacial score (nSPS) is 13.1. The summed E-state index contributed by atoms with van der Waals surface area (Å²) in [5, 5.41) is 7.15. The molecule has 11 rings (SSSR count). The first-order valence-electron chi connectivity index (χ1n) is 18.6. The Balaban J connectivity index is 1.11. The van der Waals surface area contributed by atoms with Crippen molar-refractivity contribution in [2.45, 2.75) is 19.3 Å². The van der Waals surface area contributed by atoms with E-state index in [0.717, 1.165) is 55.4 Å². The van der Waals surface area contributed by atoms with Crippen LogP contribution in [0.1, 0.15) is 25.0 Å². The fourth-order valence-electron chi connectivity index (χ4n) is 9.06. The molecule has 1 aliphatic rings. The Morgan fingerprint density at radius 2 is 1.00 bits per heavy atom. The van der Waals surface area contributed by atoms with Crippen LogP contribution in [0.15, 0.2) is 174 Å². The molecule has 1 aliphatic carbocycles. The molecular weight excluding hydrogens is 657 g/mol. The van der Waals surface area contributed by atoms with Crippen molar-refractivity contribution >= 4 is 43.5 Å². The summed E-state index contributed by atoms with van der Waals surface area (Å²) in [6.07, 6.45) is 0. The van der Waals surface area contributed by atoms with Gasteiger partial charge in [0.1, 0.15) is 11.2 Å². The molecule has 54 heavy (non-hydrogen) atoms. The summed E-state index contributed by atoms with van der Waals surface area (Å²) in [6, 6.07) is 60.5. The molecule has 254 valence electrons. The SMILES string of the molecule is CC1(C)c2c(cccc2-c2ccc(-c3cc(-c4ccc5oc6ccccc6c5c4)nc(-c4ccccc4)n3)c3ccccc23)-c2ccc3ccccc3c21. The quantitative estimate of drug-likeness (QED) is 0.184. The average molecular weight is 691 g/mol. The summed E-state index contributed by atoms with van der Waals surface area (Å²) >= 11 is 0. The van der Waals surface area contributed by atoms with E-state index in [1.165, 1.54) is 49.5 Å². The number of benzene rings is 8. The number of furan rings is 1. The van der Waals surface area contributed by atoms with Crippen LogP contribution in [0.25, 0.3) is 99.6 Å². The van der Waals surface area contributed by atoms with Crippen LogP contribution in [0.2, 0.25) is 0 Å². The molecule has 0 saturated carbocycles. The minimum Gasteiger partial charge on any atom is -0.456 e. The maximum Gasteiger partial charge on any atom is 0.160 e. The van der Waals surface area contributed by atoms with E-state index in [-0.39, 0.29) is 5.41 Å². The summed E-state index contributed by atoms with van der Waals surface area (Å²) in [7, 11) is 0. The number of para-hydroxylation sites is 1. The Bertz CT molecular complexity index is 3130. The zero-order valence-corrected chi connectivity index (χ0v) is 30.0. The third-order valence-electron chi connectivity index (χ3n) is 11.5. The zero-order valence-electron chi connectivity index (χ0n) is 30.0. The smallest absolute Gasteiger partial charge is 0.160 e. The Labute approximate surface area is 313 Å². The molecule has 2 aromatic heterocycles. The van der Waals surface area contributed by atoms with E-state index >= 15 is 0 Å². The Hall–Kier alpha value is -6.84. The fraction of sp³-hybridized carbons (Fsp3) is 0.0588. The van der Waals surface area contributed by atoms with E-state index in [1.807, 2.05) is 30.3 Å². The zero-order chi connectivity index (χ0) is 36.0. The maximum atomic E-state index is 6.17. The maximum absolute atomic E-state index is 6.17. The summed E-state index contributed by atoms with van der Waals surface area (Å²) in [4.78, 5) is 10.4. The fourth-order valence-corrected chi connectivity index (χ4v) is 9.06. The molecule has 0 spiro atoms. The van der Waals surface area contributed by atoms with Gasteiger partial charge < -0.3 is 4.42 Å². The van der Waals surface area contributed by atoms with Crippen LogP contribution in [0, 0.1) is 0 Å². The first kappa shape index (κ1) is 30.8. The highest BCUT2D eigenvalue weighted by Crippen LogP contribution is 2.55. The van der Waals surface area contributed by atoms with Gasteiger partial charge >= 0.3 is 0 Å². The van der Waals surface area contributed by atoms with Gasteiger partial charge in [-0.1, -0.05) is 153 Å². The number of nitrogens with zero attached hydrogens (tertiary/aromatic N) is 2. The summed E-state index contributed by atoms with van der Waals surface area (Å²) in [5.74, 6) is 0.695. The summed E-state index contributed by atoms with van der Waals surface area (Å²) in [6.45, 7) is 4.78. The van der Waals surface area contributed by atoms with Crippen LogP contribution in [0.4, 0.5) is 0 Å². The molecule has 10 aromatic rings. The Morgan fingerprint density at radius 1 is 0.389 bits per heavy atom. The van der Waals surface area contributed by atoms with Crippen molar-refractivity contribution in [3.63, 3.8) is 0 Å². The topological polar surface area (TPSA) is 38.9 Å². The standard InChI is InChI=1S/C51H34N2O/c1-51(2)48-34-16-7-6-13-31(34)23-25-42(48)41-21-12-20-40(49(41)51)37-26-27-38(36-18-9-8-17-35(36)37)45-30-44(52-50(53-45)32-14-4-3-5-15-32)33-24-28-47-43(29-33)39-19-10-11-22-46(39)54-47/h3-30H,1-2H3. The predicted molar refractivity (Wildman–Crippen MR) is 224 cm³/mol. The minimum atomic E-state index is -0.185. The van der Waals surface area contributed by atoms with E-state index in [9.17, 15) is 0 Å². The number of rotatable bonds is 4. The van der Waals surface area contributed by atoms with E-state index in [1.54, 1.807) is 0 Å². The molecule has 0 amide bonds. The highest BCUT2D eigenvalue weighted by atomic mass is 16.3. The van der Waals surface area contributed by atoms with Gasteiger partial charge in [0.25, 0.3) is 0 Å². The van der Waals surface area contributed by atoms with Gasteiger partial charge in [0, 0.05) is 32.9 Å². The van der Waals surface area contributed by atoms with E-state index in [0.29, 0.717) is 5.82 Å². The molecule has 0 radical (unpaired) electrons. The Morgan fingerprint density at radius 3 is 1.83 bits per heavy atom. The van der Waals surface area contributed by atoms with Crippen LogP contribution in [-0.2, 0) is 5.41 Å². The second-order valence-electron chi connectivity index (χ2n) is 14.9. The van der Waals surface area contributed by atoms with Gasteiger partial charge in [-0.05, 0) is 85.3 Å². The van der Waals surface area contributed by atoms with Crippen molar-refractivity contribution < 1.29 is 4.42 Å². The summed E-state index contributed by atoms with van der Waals surface area (Å²) in [5.41, 5.74) is 14.3. The number of hydrogen-bond donors (Lipinski definition) is 0. The second-order valence-corrected chi connectivity index (χ2v) is 14.9. The first-order valence-corrected chi connectivity index (χ1v) is 18.6. The predicted octanol–water partition coefficient (Wildman–Crippen LogP) is 13.7. The lowest BCUT2D eigenvalue weighted by molar-refractivity contribution is 0.668. The van der Waals surface area contributed by atoms with Gasteiger partial charge in [-0.25, -0.2) is 9.97 Å². The molecular formula is C51H34N2O. The van der Waals surface area contributed by atoms with Crippen molar-refractivity contribution in [3.8, 4) is 56.2 Å². The average Bonchev–Trinajstić information content (AvgIpc) is 3.72. The lowest BCUT2D eigenvalue weighted by Crippen LogP contribution is -2.17. The van der Waals surface area contributed by atoms with Crippen LogP contribution in [-0.4, -0.2) is 9.97 Å². The highest BCUT2D eigenvalue weighted by Gasteiger charge is 2.39. The molecule has 0 fully saturated rings. The molecule has 2 heterocycles. The number of hydrogen-bond acceptors (Lipinski definition) is 3. The highest BCUT2D eigenvalue weighted by molar-refractivity contribution is 6.08.